The first-order valence-electron chi connectivity index (χ1n) is 8.34. The summed E-state index contributed by atoms with van der Waals surface area (Å²) in [5.74, 6) is 0.696. The number of nitrogens with one attached hydrogen (secondary N) is 2. The molecular weight excluding hydrogens is 345 g/mol. The first kappa shape index (κ1) is 18.0. The first-order chi connectivity index (χ1) is 12.4. The highest BCUT2D eigenvalue weighted by molar-refractivity contribution is 5.90. The molecule has 0 aliphatic carbocycles. The van der Waals surface area contributed by atoms with E-state index in [-0.39, 0.29) is 11.7 Å². The van der Waals surface area contributed by atoms with E-state index in [0.29, 0.717) is 18.9 Å². The van der Waals surface area contributed by atoms with E-state index in [1.807, 2.05) is 12.1 Å². The quantitative estimate of drug-likeness (QED) is 0.855. The molecule has 0 saturated carbocycles. The second-order valence-corrected chi connectivity index (χ2v) is 6.06. The summed E-state index contributed by atoms with van der Waals surface area (Å²) in [5.41, 5.74) is -1.08. The van der Waals surface area contributed by atoms with E-state index < -0.39 is 17.8 Å². The zero-order chi connectivity index (χ0) is 18.6. The molecule has 1 aromatic carbocycles. The standard InChI is InChI=1S/C18H19F3N4O/c19-18(20,21)14-7-1-2-8-15(14)24-17(26)25-11-5-6-13(25)12-23-16-9-3-4-10-22-16/h1-4,7-10,13H,5-6,11-12H2,(H,22,23)(H,24,26). The average Bonchev–Trinajstić information content (AvgIpc) is 3.09. The van der Waals surface area contributed by atoms with Crippen molar-refractivity contribution in [3.8, 4) is 0 Å². The maximum Gasteiger partial charge on any atom is 0.418 e. The van der Waals surface area contributed by atoms with Gasteiger partial charge in [0.05, 0.1) is 17.3 Å². The molecule has 8 heteroatoms. The predicted octanol–water partition coefficient (Wildman–Crippen LogP) is 4.21. The number of carbonyl (C=O) groups is 1. The molecule has 138 valence electrons. The van der Waals surface area contributed by atoms with Crippen LogP contribution < -0.4 is 10.6 Å². The minimum atomic E-state index is -4.52. The number of anilines is 2. The van der Waals surface area contributed by atoms with Crippen molar-refractivity contribution in [1.82, 2.24) is 9.88 Å². The van der Waals surface area contributed by atoms with E-state index >= 15 is 0 Å². The van der Waals surface area contributed by atoms with Crippen LogP contribution in [-0.2, 0) is 6.18 Å². The number of halogens is 3. The fourth-order valence-corrected chi connectivity index (χ4v) is 3.03. The zero-order valence-corrected chi connectivity index (χ0v) is 14.0. The topological polar surface area (TPSA) is 57.3 Å². The maximum atomic E-state index is 13.1. The Balaban J connectivity index is 1.66. The van der Waals surface area contributed by atoms with Gasteiger partial charge in [0.15, 0.2) is 0 Å². The molecule has 2 amide bonds. The average molecular weight is 364 g/mol. The van der Waals surface area contributed by atoms with Crippen LogP contribution in [0.15, 0.2) is 48.7 Å². The van der Waals surface area contributed by atoms with E-state index in [0.717, 1.165) is 18.9 Å². The van der Waals surface area contributed by atoms with Gasteiger partial charge in [-0.15, -0.1) is 0 Å². The Hall–Kier alpha value is -2.77. The summed E-state index contributed by atoms with van der Waals surface area (Å²) in [6.07, 6.45) is -1.26. The number of aromatic nitrogens is 1. The van der Waals surface area contributed by atoms with Gasteiger partial charge >= 0.3 is 12.2 Å². The van der Waals surface area contributed by atoms with E-state index in [9.17, 15) is 18.0 Å². The lowest BCUT2D eigenvalue weighted by atomic mass is 10.1. The molecule has 1 fully saturated rings. The number of alkyl halides is 3. The number of hydrogen-bond donors (Lipinski definition) is 2. The Morgan fingerprint density at radius 2 is 1.96 bits per heavy atom. The number of urea groups is 1. The number of pyridine rings is 1. The Morgan fingerprint density at radius 3 is 2.69 bits per heavy atom. The van der Waals surface area contributed by atoms with Crippen LogP contribution in [0, 0.1) is 0 Å². The van der Waals surface area contributed by atoms with Crippen LogP contribution in [0.3, 0.4) is 0 Å². The van der Waals surface area contributed by atoms with Crippen molar-refractivity contribution in [2.24, 2.45) is 0 Å². The summed E-state index contributed by atoms with van der Waals surface area (Å²) in [5, 5.41) is 5.57. The molecule has 3 rings (SSSR count). The number of carbonyl (C=O) groups excluding carboxylic acids is 1. The molecule has 26 heavy (non-hydrogen) atoms. The molecular formula is C18H19F3N4O. The van der Waals surface area contributed by atoms with Gasteiger partial charge in [-0.2, -0.15) is 13.2 Å². The summed E-state index contributed by atoms with van der Waals surface area (Å²) in [6.45, 7) is 1.000. The van der Waals surface area contributed by atoms with E-state index in [2.05, 4.69) is 15.6 Å². The normalized spacial score (nSPS) is 17.2. The van der Waals surface area contributed by atoms with Crippen molar-refractivity contribution in [2.75, 3.05) is 23.7 Å². The SMILES string of the molecule is O=C(Nc1ccccc1C(F)(F)F)N1CCCC1CNc1ccccn1. The Labute approximate surface area is 149 Å². The van der Waals surface area contributed by atoms with Gasteiger partial charge in [0.1, 0.15) is 5.82 Å². The molecule has 5 nitrogen and oxygen atoms in total. The smallest absolute Gasteiger partial charge is 0.368 e. The van der Waals surface area contributed by atoms with E-state index in [1.54, 1.807) is 17.2 Å². The lowest BCUT2D eigenvalue weighted by Gasteiger charge is -2.26. The first-order valence-corrected chi connectivity index (χ1v) is 8.34. The van der Waals surface area contributed by atoms with Gasteiger partial charge in [-0.05, 0) is 37.1 Å². The zero-order valence-electron chi connectivity index (χ0n) is 14.0. The lowest BCUT2D eigenvalue weighted by Crippen LogP contribution is -2.42. The molecule has 2 aromatic rings. The molecule has 1 aliphatic heterocycles. The Kier molecular flexibility index (Phi) is 5.29. The van der Waals surface area contributed by atoms with Gasteiger partial charge in [0, 0.05) is 19.3 Å². The van der Waals surface area contributed by atoms with Crippen molar-refractivity contribution in [3.63, 3.8) is 0 Å². The Bertz CT molecular complexity index is 752. The van der Waals surface area contributed by atoms with Crippen molar-refractivity contribution in [2.45, 2.75) is 25.1 Å². The highest BCUT2D eigenvalue weighted by Crippen LogP contribution is 2.34. The second-order valence-electron chi connectivity index (χ2n) is 6.06. The van der Waals surface area contributed by atoms with Gasteiger partial charge in [0.2, 0.25) is 0 Å². The van der Waals surface area contributed by atoms with E-state index in [1.165, 1.54) is 18.2 Å². The van der Waals surface area contributed by atoms with Crippen LogP contribution >= 0.6 is 0 Å². The van der Waals surface area contributed by atoms with Crippen molar-refractivity contribution >= 4 is 17.5 Å². The molecule has 1 atom stereocenters. The lowest BCUT2D eigenvalue weighted by molar-refractivity contribution is -0.136. The highest BCUT2D eigenvalue weighted by Gasteiger charge is 2.35. The molecule has 1 saturated heterocycles. The molecule has 0 bridgehead atoms. The number of rotatable bonds is 4. The molecule has 2 N–H and O–H groups in total. The van der Waals surface area contributed by atoms with Gasteiger partial charge in [-0.25, -0.2) is 9.78 Å². The third kappa shape index (κ3) is 4.25. The van der Waals surface area contributed by atoms with Gasteiger partial charge in [-0.3, -0.25) is 0 Å². The van der Waals surface area contributed by atoms with Crippen LogP contribution in [0.5, 0.6) is 0 Å². The van der Waals surface area contributed by atoms with Gasteiger partial charge in [-0.1, -0.05) is 18.2 Å². The number of amides is 2. The monoisotopic (exact) mass is 364 g/mol. The molecule has 1 aliphatic rings. The second kappa shape index (κ2) is 7.63. The Morgan fingerprint density at radius 1 is 1.19 bits per heavy atom. The fourth-order valence-electron chi connectivity index (χ4n) is 3.03. The third-order valence-corrected chi connectivity index (χ3v) is 4.30. The number of likely N-dealkylation sites (tertiary alicyclic amines) is 1. The van der Waals surface area contributed by atoms with E-state index in [4.69, 9.17) is 0 Å². The molecule has 0 spiro atoms. The summed E-state index contributed by atoms with van der Waals surface area (Å²) < 4.78 is 39.2. The largest absolute Gasteiger partial charge is 0.418 e. The summed E-state index contributed by atoms with van der Waals surface area (Å²) in [4.78, 5) is 18.3. The van der Waals surface area contributed by atoms with Crippen LogP contribution in [0.2, 0.25) is 0 Å². The minimum Gasteiger partial charge on any atom is -0.368 e. The predicted molar refractivity (Wildman–Crippen MR) is 92.9 cm³/mol. The molecule has 1 unspecified atom stereocenters. The molecule has 0 radical (unpaired) electrons. The minimum absolute atomic E-state index is 0.102. The number of benzene rings is 1. The maximum absolute atomic E-state index is 13.1. The van der Waals surface area contributed by atoms with Crippen molar-refractivity contribution in [1.29, 1.82) is 0 Å². The van der Waals surface area contributed by atoms with Gasteiger partial charge < -0.3 is 15.5 Å². The van der Waals surface area contributed by atoms with Crippen molar-refractivity contribution < 1.29 is 18.0 Å². The number of nitrogens with zero attached hydrogens (tertiary/aromatic N) is 2. The third-order valence-electron chi connectivity index (χ3n) is 4.30. The molecule has 1 aromatic heterocycles. The number of hydrogen-bond acceptors (Lipinski definition) is 3. The molecule has 2 heterocycles. The number of para-hydroxylation sites is 1. The van der Waals surface area contributed by atoms with Crippen LogP contribution in [0.1, 0.15) is 18.4 Å². The van der Waals surface area contributed by atoms with Crippen molar-refractivity contribution in [3.05, 3.63) is 54.2 Å². The van der Waals surface area contributed by atoms with Crippen LogP contribution in [-0.4, -0.2) is 35.0 Å². The van der Waals surface area contributed by atoms with Crippen LogP contribution in [0.25, 0.3) is 0 Å². The summed E-state index contributed by atoms with van der Waals surface area (Å²) in [6, 6.07) is 9.84. The van der Waals surface area contributed by atoms with Crippen LogP contribution in [0.4, 0.5) is 29.5 Å². The fraction of sp³-hybridized carbons (Fsp3) is 0.333. The summed E-state index contributed by atoms with van der Waals surface area (Å²) >= 11 is 0. The summed E-state index contributed by atoms with van der Waals surface area (Å²) in [7, 11) is 0. The van der Waals surface area contributed by atoms with Gasteiger partial charge in [0.25, 0.3) is 0 Å². The highest BCUT2D eigenvalue weighted by atomic mass is 19.4.